The first kappa shape index (κ1) is 35.4. The van der Waals surface area contributed by atoms with E-state index in [2.05, 4.69) is 58.9 Å². The summed E-state index contributed by atoms with van der Waals surface area (Å²) in [5.41, 5.74) is 20.7. The fourth-order valence-corrected chi connectivity index (χ4v) is 7.85. The molecule has 1 saturated carbocycles. The van der Waals surface area contributed by atoms with Gasteiger partial charge in [-0.25, -0.2) is 0 Å². The predicted octanol–water partition coefficient (Wildman–Crippen LogP) is 12.7. The number of aryl methyl sites for hydroxylation is 4. The average Bonchev–Trinajstić information content (AvgIpc) is 3.07. The fourth-order valence-electron chi connectivity index (χ4n) is 7.85. The molecule has 0 heterocycles. The van der Waals surface area contributed by atoms with E-state index in [-0.39, 0.29) is 5.41 Å². The maximum absolute atomic E-state index is 6.42. The monoisotopic (exact) mass is 646 g/mol. The van der Waals surface area contributed by atoms with Gasteiger partial charge in [0, 0.05) is 16.8 Å². The molecule has 0 unspecified atom stereocenters. The molecule has 0 bridgehead atoms. The first-order valence-corrected chi connectivity index (χ1v) is 18.5. The third kappa shape index (κ3) is 8.75. The normalized spacial score (nSPS) is 14.6. The van der Waals surface area contributed by atoms with E-state index in [4.69, 9.17) is 20.9 Å². The number of nitrogens with two attached hydrogens (primary N) is 2. The Kier molecular flexibility index (Phi) is 12.1. The summed E-state index contributed by atoms with van der Waals surface area (Å²) in [5, 5.41) is 0. The van der Waals surface area contributed by atoms with Crippen molar-refractivity contribution in [1.82, 2.24) is 0 Å². The van der Waals surface area contributed by atoms with Gasteiger partial charge in [0.2, 0.25) is 0 Å². The zero-order chi connectivity index (χ0) is 34.1. The molecule has 4 N–H and O–H groups in total. The zero-order valence-electron chi connectivity index (χ0n) is 30.2. The Labute approximate surface area is 290 Å². The van der Waals surface area contributed by atoms with Crippen LogP contribution in [0.2, 0.25) is 0 Å². The van der Waals surface area contributed by atoms with E-state index in [1.165, 1.54) is 104 Å². The molecule has 48 heavy (non-hydrogen) atoms. The maximum Gasteiger partial charge on any atom is 0.133 e. The summed E-state index contributed by atoms with van der Waals surface area (Å²) in [6.07, 6.45) is 17.3. The molecule has 4 nitrogen and oxygen atoms in total. The summed E-state index contributed by atoms with van der Waals surface area (Å²) in [4.78, 5) is 0. The van der Waals surface area contributed by atoms with Crippen molar-refractivity contribution >= 4 is 11.4 Å². The van der Waals surface area contributed by atoms with E-state index < -0.39 is 0 Å². The molecule has 0 spiro atoms. The number of hydrogen-bond donors (Lipinski definition) is 2. The zero-order valence-corrected chi connectivity index (χ0v) is 30.2. The predicted molar refractivity (Wildman–Crippen MR) is 204 cm³/mol. The van der Waals surface area contributed by atoms with Crippen LogP contribution in [0.1, 0.15) is 124 Å². The molecular weight excluding hydrogens is 588 g/mol. The van der Waals surface area contributed by atoms with E-state index in [9.17, 15) is 0 Å². The summed E-state index contributed by atoms with van der Waals surface area (Å²) in [6, 6.07) is 24.9. The number of hydrogen-bond acceptors (Lipinski definition) is 4. The highest BCUT2D eigenvalue weighted by molar-refractivity contribution is 5.55. The molecule has 0 aromatic heterocycles. The lowest BCUT2D eigenvalue weighted by molar-refractivity contribution is 0.249. The molecule has 4 heteroatoms. The van der Waals surface area contributed by atoms with Crippen molar-refractivity contribution in [2.45, 2.75) is 124 Å². The van der Waals surface area contributed by atoms with Crippen molar-refractivity contribution in [3.05, 3.63) is 106 Å². The molecule has 0 atom stereocenters. The van der Waals surface area contributed by atoms with Crippen molar-refractivity contribution in [3.63, 3.8) is 0 Å². The van der Waals surface area contributed by atoms with Crippen molar-refractivity contribution < 1.29 is 9.47 Å². The molecule has 0 aliphatic heterocycles. The standard InChI is InChI=1S/C44H58N2O2/c1-6-7-8-9-10-11-12-13-14-35-23-25-44(26-24-35,36-27-31(2)42(32(3)28-36)47-40-19-15-38(45)16-20-40)37-29-33(4)43(34(5)30-37)48-41-21-17-39(46)18-22-41/h15-22,27-30,35H,6-14,23-26,45-46H2,1-5H3. The van der Waals surface area contributed by atoms with Gasteiger partial charge in [0.25, 0.3) is 0 Å². The highest BCUT2D eigenvalue weighted by Crippen LogP contribution is 2.50. The van der Waals surface area contributed by atoms with Crippen molar-refractivity contribution in [2.24, 2.45) is 5.92 Å². The molecule has 5 rings (SSSR count). The Morgan fingerprint density at radius 3 is 1.33 bits per heavy atom. The lowest BCUT2D eigenvalue weighted by Crippen LogP contribution is -2.33. The molecule has 1 fully saturated rings. The quantitative estimate of drug-likeness (QED) is 0.0996. The highest BCUT2D eigenvalue weighted by atomic mass is 16.5. The van der Waals surface area contributed by atoms with Crippen molar-refractivity contribution in [3.8, 4) is 23.0 Å². The van der Waals surface area contributed by atoms with Crippen LogP contribution in [0.3, 0.4) is 0 Å². The van der Waals surface area contributed by atoms with Crippen LogP contribution in [-0.2, 0) is 5.41 Å². The van der Waals surface area contributed by atoms with Crippen molar-refractivity contribution in [2.75, 3.05) is 11.5 Å². The summed E-state index contributed by atoms with van der Waals surface area (Å²) in [5.74, 6) is 4.29. The average molecular weight is 647 g/mol. The van der Waals surface area contributed by atoms with Gasteiger partial charge in [0.1, 0.15) is 23.0 Å². The second-order valence-electron chi connectivity index (χ2n) is 14.5. The minimum atomic E-state index is -0.0553. The molecule has 4 aromatic carbocycles. The Morgan fingerprint density at radius 2 is 0.938 bits per heavy atom. The first-order valence-electron chi connectivity index (χ1n) is 18.5. The number of rotatable bonds is 15. The van der Waals surface area contributed by atoms with Crippen LogP contribution < -0.4 is 20.9 Å². The molecule has 4 aromatic rings. The molecule has 1 aliphatic carbocycles. The Bertz CT molecular complexity index is 1460. The van der Waals surface area contributed by atoms with Crippen LogP contribution in [0.15, 0.2) is 72.8 Å². The Morgan fingerprint density at radius 1 is 0.562 bits per heavy atom. The summed E-state index contributed by atoms with van der Waals surface area (Å²) in [6.45, 7) is 11.0. The van der Waals surface area contributed by atoms with Crippen LogP contribution in [0.4, 0.5) is 11.4 Å². The molecular formula is C44H58N2O2. The van der Waals surface area contributed by atoms with Gasteiger partial charge in [-0.2, -0.15) is 0 Å². The molecule has 0 amide bonds. The van der Waals surface area contributed by atoms with Gasteiger partial charge in [0.05, 0.1) is 0 Å². The second-order valence-corrected chi connectivity index (χ2v) is 14.5. The van der Waals surface area contributed by atoms with Crippen molar-refractivity contribution in [1.29, 1.82) is 0 Å². The molecule has 0 radical (unpaired) electrons. The number of nitrogen functional groups attached to an aromatic ring is 2. The van der Waals surface area contributed by atoms with Gasteiger partial charge in [-0.05, 0) is 141 Å². The third-order valence-electron chi connectivity index (χ3n) is 10.7. The number of anilines is 2. The van der Waals surface area contributed by atoms with Crippen LogP contribution in [-0.4, -0.2) is 0 Å². The van der Waals surface area contributed by atoms with Crippen LogP contribution in [0.25, 0.3) is 0 Å². The lowest BCUT2D eigenvalue weighted by Gasteiger charge is -2.42. The van der Waals surface area contributed by atoms with E-state index in [0.717, 1.165) is 53.1 Å². The summed E-state index contributed by atoms with van der Waals surface area (Å²) >= 11 is 0. The smallest absolute Gasteiger partial charge is 0.133 e. The first-order chi connectivity index (χ1) is 23.2. The molecule has 256 valence electrons. The minimum absolute atomic E-state index is 0.0553. The van der Waals surface area contributed by atoms with Crippen LogP contribution in [0, 0.1) is 33.6 Å². The van der Waals surface area contributed by atoms with E-state index >= 15 is 0 Å². The lowest BCUT2D eigenvalue weighted by atomic mass is 9.62. The van der Waals surface area contributed by atoms with E-state index in [1.54, 1.807) is 0 Å². The third-order valence-corrected chi connectivity index (χ3v) is 10.7. The number of benzene rings is 4. The van der Waals surface area contributed by atoms with Gasteiger partial charge < -0.3 is 20.9 Å². The number of ether oxygens (including phenoxy) is 2. The highest BCUT2D eigenvalue weighted by Gasteiger charge is 2.39. The van der Waals surface area contributed by atoms with Crippen LogP contribution in [0.5, 0.6) is 23.0 Å². The van der Waals surface area contributed by atoms with Gasteiger partial charge in [-0.3, -0.25) is 0 Å². The van der Waals surface area contributed by atoms with Gasteiger partial charge in [0.15, 0.2) is 0 Å². The largest absolute Gasteiger partial charge is 0.457 e. The maximum atomic E-state index is 6.42. The van der Waals surface area contributed by atoms with Gasteiger partial charge >= 0.3 is 0 Å². The van der Waals surface area contributed by atoms with E-state index in [0.29, 0.717) is 0 Å². The topological polar surface area (TPSA) is 70.5 Å². The van der Waals surface area contributed by atoms with Gasteiger partial charge in [-0.1, -0.05) is 89.0 Å². The molecule has 0 saturated heterocycles. The summed E-state index contributed by atoms with van der Waals surface area (Å²) in [7, 11) is 0. The Hall–Kier alpha value is -3.92. The van der Waals surface area contributed by atoms with E-state index in [1.807, 2.05) is 48.5 Å². The second kappa shape index (κ2) is 16.5. The van der Waals surface area contributed by atoms with Crippen LogP contribution >= 0.6 is 0 Å². The SMILES string of the molecule is CCCCCCCCCCC1CCC(c2cc(C)c(Oc3ccc(N)cc3)c(C)c2)(c2cc(C)c(Oc3ccc(N)cc3)c(C)c2)CC1. The Balaban J connectivity index is 1.39. The van der Waals surface area contributed by atoms with Gasteiger partial charge in [-0.15, -0.1) is 0 Å². The fraction of sp³-hybridized carbons (Fsp3) is 0.455. The number of unbranched alkanes of at least 4 members (excludes halogenated alkanes) is 7. The minimum Gasteiger partial charge on any atom is -0.457 e. The molecule has 1 aliphatic rings. The summed E-state index contributed by atoms with van der Waals surface area (Å²) < 4.78 is 12.8.